The number of rotatable bonds is 2. The maximum Gasteiger partial charge on any atom is 0.329 e. The van der Waals surface area contributed by atoms with Crippen molar-refractivity contribution in [2.75, 3.05) is 11.9 Å². The lowest BCUT2D eigenvalue weighted by molar-refractivity contribution is -0.146. The summed E-state index contributed by atoms with van der Waals surface area (Å²) in [6, 6.07) is 8.11. The van der Waals surface area contributed by atoms with Crippen LogP contribution in [0.25, 0.3) is 0 Å². The normalized spacial score (nSPS) is 21.3. The first-order chi connectivity index (χ1) is 9.49. The summed E-state index contributed by atoms with van der Waals surface area (Å²) in [7, 11) is 0. The average molecular weight is 273 g/mol. The highest BCUT2D eigenvalue weighted by Gasteiger charge is 2.46. The Morgan fingerprint density at radius 1 is 1.45 bits per heavy atom. The number of carboxylic acids is 1. The van der Waals surface area contributed by atoms with Crippen LogP contribution in [0.2, 0.25) is 0 Å². The SMILES string of the molecule is CC1(C(=O)O)CCCN1C(=O)Nc1ccccc1C#N. The number of para-hydroxylation sites is 1. The van der Waals surface area contributed by atoms with Gasteiger partial charge < -0.3 is 15.3 Å². The molecule has 6 nitrogen and oxygen atoms in total. The maximum atomic E-state index is 12.2. The van der Waals surface area contributed by atoms with Crippen molar-refractivity contribution < 1.29 is 14.7 Å². The van der Waals surface area contributed by atoms with Gasteiger partial charge in [0.2, 0.25) is 0 Å². The fourth-order valence-electron chi connectivity index (χ4n) is 2.38. The van der Waals surface area contributed by atoms with E-state index in [0.717, 1.165) is 0 Å². The molecule has 0 aromatic heterocycles. The first-order valence-corrected chi connectivity index (χ1v) is 6.30. The molecule has 2 N–H and O–H groups in total. The van der Waals surface area contributed by atoms with E-state index in [1.807, 2.05) is 6.07 Å². The summed E-state index contributed by atoms with van der Waals surface area (Å²) in [5, 5.41) is 20.9. The number of carboxylic acid groups (broad SMARTS) is 1. The van der Waals surface area contributed by atoms with Crippen molar-refractivity contribution in [3.05, 3.63) is 29.8 Å². The number of urea groups is 1. The van der Waals surface area contributed by atoms with Crippen molar-refractivity contribution in [3.63, 3.8) is 0 Å². The highest BCUT2D eigenvalue weighted by atomic mass is 16.4. The molecular weight excluding hydrogens is 258 g/mol. The molecule has 6 heteroatoms. The van der Waals surface area contributed by atoms with Crippen LogP contribution in [-0.2, 0) is 4.79 Å². The van der Waals surface area contributed by atoms with Gasteiger partial charge in [-0.05, 0) is 31.9 Å². The van der Waals surface area contributed by atoms with Gasteiger partial charge in [0.1, 0.15) is 11.6 Å². The standard InChI is InChI=1S/C14H15N3O3/c1-14(12(18)19)7-4-8-17(14)13(20)16-11-6-3-2-5-10(11)9-15/h2-3,5-6H,4,7-8H2,1H3,(H,16,20)(H,18,19). The molecule has 1 aromatic carbocycles. The molecule has 0 radical (unpaired) electrons. The molecule has 1 unspecified atom stereocenters. The first-order valence-electron chi connectivity index (χ1n) is 6.30. The van der Waals surface area contributed by atoms with E-state index in [0.29, 0.717) is 30.6 Å². The Morgan fingerprint density at radius 3 is 2.80 bits per heavy atom. The molecule has 1 heterocycles. The van der Waals surface area contributed by atoms with Gasteiger partial charge in [0.25, 0.3) is 0 Å². The van der Waals surface area contributed by atoms with Crippen molar-refractivity contribution in [2.24, 2.45) is 0 Å². The third-order valence-electron chi connectivity index (χ3n) is 3.64. The molecule has 1 aliphatic rings. The van der Waals surface area contributed by atoms with E-state index in [1.54, 1.807) is 24.3 Å². The van der Waals surface area contributed by atoms with Gasteiger partial charge in [-0.2, -0.15) is 5.26 Å². The molecule has 0 spiro atoms. The fourth-order valence-corrected chi connectivity index (χ4v) is 2.38. The minimum Gasteiger partial charge on any atom is -0.480 e. The Kier molecular flexibility index (Phi) is 3.61. The van der Waals surface area contributed by atoms with E-state index in [9.17, 15) is 14.7 Å². The Labute approximate surface area is 116 Å². The van der Waals surface area contributed by atoms with Crippen LogP contribution in [0.15, 0.2) is 24.3 Å². The number of hydrogen-bond acceptors (Lipinski definition) is 3. The van der Waals surface area contributed by atoms with Gasteiger partial charge in [-0.3, -0.25) is 0 Å². The number of nitrogens with zero attached hydrogens (tertiary/aromatic N) is 2. The van der Waals surface area contributed by atoms with Crippen LogP contribution in [0, 0.1) is 11.3 Å². The van der Waals surface area contributed by atoms with Crippen LogP contribution >= 0.6 is 0 Å². The largest absolute Gasteiger partial charge is 0.480 e. The van der Waals surface area contributed by atoms with Crippen LogP contribution in [0.5, 0.6) is 0 Å². The van der Waals surface area contributed by atoms with Gasteiger partial charge in [-0.1, -0.05) is 12.1 Å². The first kappa shape index (κ1) is 13.9. The summed E-state index contributed by atoms with van der Waals surface area (Å²) in [5.41, 5.74) is -0.456. The molecule has 0 bridgehead atoms. The van der Waals surface area contributed by atoms with E-state index in [-0.39, 0.29) is 0 Å². The van der Waals surface area contributed by atoms with Crippen molar-refractivity contribution in [3.8, 4) is 6.07 Å². The molecule has 1 aromatic rings. The summed E-state index contributed by atoms with van der Waals surface area (Å²) in [6.45, 7) is 1.93. The fraction of sp³-hybridized carbons (Fsp3) is 0.357. The molecule has 2 rings (SSSR count). The summed E-state index contributed by atoms with van der Waals surface area (Å²) in [5.74, 6) is -1.02. The van der Waals surface area contributed by atoms with Gasteiger partial charge in [-0.25, -0.2) is 9.59 Å². The number of carbonyl (C=O) groups excluding carboxylic acids is 1. The maximum absolute atomic E-state index is 12.2. The van der Waals surface area contributed by atoms with Crippen LogP contribution < -0.4 is 5.32 Å². The van der Waals surface area contributed by atoms with Crippen LogP contribution in [0.3, 0.4) is 0 Å². The second-order valence-electron chi connectivity index (χ2n) is 4.92. The molecule has 20 heavy (non-hydrogen) atoms. The molecule has 0 aliphatic carbocycles. The van der Waals surface area contributed by atoms with Crippen molar-refractivity contribution in [2.45, 2.75) is 25.3 Å². The highest BCUT2D eigenvalue weighted by molar-refractivity contribution is 5.95. The topological polar surface area (TPSA) is 93.4 Å². The Bertz CT molecular complexity index is 594. The number of likely N-dealkylation sites (tertiary alicyclic amines) is 1. The monoisotopic (exact) mass is 273 g/mol. The number of hydrogen-bond donors (Lipinski definition) is 2. The Balaban J connectivity index is 2.21. The van der Waals surface area contributed by atoms with E-state index in [4.69, 9.17) is 5.26 Å². The lowest BCUT2D eigenvalue weighted by atomic mass is 10.00. The number of nitrogens with one attached hydrogen (secondary N) is 1. The van der Waals surface area contributed by atoms with E-state index in [2.05, 4.69) is 5.32 Å². The second-order valence-corrected chi connectivity index (χ2v) is 4.92. The third kappa shape index (κ3) is 2.30. The number of carbonyl (C=O) groups is 2. The minimum atomic E-state index is -1.19. The number of anilines is 1. The minimum absolute atomic E-state index is 0.345. The second kappa shape index (κ2) is 5.21. The number of aliphatic carboxylic acids is 1. The smallest absolute Gasteiger partial charge is 0.329 e. The molecule has 1 atom stereocenters. The van der Waals surface area contributed by atoms with Gasteiger partial charge >= 0.3 is 12.0 Å². The molecular formula is C14H15N3O3. The average Bonchev–Trinajstić information content (AvgIpc) is 2.83. The van der Waals surface area contributed by atoms with Crippen molar-refractivity contribution in [1.82, 2.24) is 4.90 Å². The third-order valence-corrected chi connectivity index (χ3v) is 3.64. The number of amides is 2. The number of benzene rings is 1. The van der Waals surface area contributed by atoms with E-state index >= 15 is 0 Å². The Morgan fingerprint density at radius 2 is 2.15 bits per heavy atom. The summed E-state index contributed by atoms with van der Waals surface area (Å²) in [6.07, 6.45) is 1.08. The zero-order chi connectivity index (χ0) is 14.8. The highest BCUT2D eigenvalue weighted by Crippen LogP contribution is 2.30. The lowest BCUT2D eigenvalue weighted by Gasteiger charge is -2.31. The summed E-state index contributed by atoms with van der Waals surface area (Å²) < 4.78 is 0. The van der Waals surface area contributed by atoms with Crippen LogP contribution in [0.4, 0.5) is 10.5 Å². The molecule has 0 saturated carbocycles. The van der Waals surface area contributed by atoms with Gasteiger partial charge in [0.05, 0.1) is 11.3 Å². The van der Waals surface area contributed by atoms with Crippen molar-refractivity contribution in [1.29, 1.82) is 5.26 Å². The molecule has 1 fully saturated rings. The predicted molar refractivity (Wildman–Crippen MR) is 72.2 cm³/mol. The zero-order valence-corrected chi connectivity index (χ0v) is 11.1. The van der Waals surface area contributed by atoms with Crippen LogP contribution in [-0.4, -0.2) is 34.1 Å². The van der Waals surface area contributed by atoms with Crippen molar-refractivity contribution >= 4 is 17.7 Å². The summed E-state index contributed by atoms with van der Waals surface area (Å²) >= 11 is 0. The Hall–Kier alpha value is -2.55. The molecule has 2 amide bonds. The van der Waals surface area contributed by atoms with Gasteiger partial charge in [0.15, 0.2) is 0 Å². The van der Waals surface area contributed by atoms with Gasteiger partial charge in [0, 0.05) is 6.54 Å². The molecule has 1 aliphatic heterocycles. The lowest BCUT2D eigenvalue weighted by Crippen LogP contribution is -2.52. The predicted octanol–water partition coefficient (Wildman–Crippen LogP) is 2.03. The van der Waals surface area contributed by atoms with Crippen LogP contribution in [0.1, 0.15) is 25.3 Å². The molecule has 104 valence electrons. The number of nitriles is 1. The van der Waals surface area contributed by atoms with Gasteiger partial charge in [-0.15, -0.1) is 0 Å². The summed E-state index contributed by atoms with van der Waals surface area (Å²) in [4.78, 5) is 24.9. The van der Waals surface area contributed by atoms with E-state index < -0.39 is 17.5 Å². The quantitative estimate of drug-likeness (QED) is 0.862. The molecule has 1 saturated heterocycles. The van der Waals surface area contributed by atoms with E-state index in [1.165, 1.54) is 11.8 Å². The zero-order valence-electron chi connectivity index (χ0n) is 11.1.